The lowest BCUT2D eigenvalue weighted by Crippen LogP contribution is -2.27. The van der Waals surface area contributed by atoms with Crippen LogP contribution in [0.25, 0.3) is 22.3 Å². The molecule has 0 unspecified atom stereocenters. The molecule has 5 aromatic rings. The van der Waals surface area contributed by atoms with Crippen molar-refractivity contribution in [3.05, 3.63) is 130 Å². The van der Waals surface area contributed by atoms with Gasteiger partial charge in [-0.15, -0.1) is 0 Å². The third-order valence-electron chi connectivity index (χ3n) is 8.63. The normalized spacial score (nSPS) is 14.9. The molecular weight excluding hydrogens is 424 g/mol. The summed E-state index contributed by atoms with van der Waals surface area (Å²) in [5, 5.41) is 0. The quantitative estimate of drug-likeness (QED) is 0.240. The van der Waals surface area contributed by atoms with Crippen LogP contribution in [-0.4, -0.2) is 4.98 Å². The summed E-state index contributed by atoms with van der Waals surface area (Å²) in [6.45, 7) is 0. The Balaban J connectivity index is 1.34. The Kier molecular flexibility index (Phi) is 3.27. The minimum Gasteiger partial charge on any atom is -0.294 e. The van der Waals surface area contributed by atoms with Crippen LogP contribution in [-0.2, 0) is 25.7 Å². The van der Waals surface area contributed by atoms with Crippen LogP contribution < -0.4 is 4.90 Å². The Morgan fingerprint density at radius 2 is 1.17 bits per heavy atom. The van der Waals surface area contributed by atoms with Crippen molar-refractivity contribution in [2.24, 2.45) is 0 Å². The van der Waals surface area contributed by atoms with E-state index in [1.54, 1.807) is 0 Å². The van der Waals surface area contributed by atoms with Crippen molar-refractivity contribution in [2.75, 3.05) is 4.90 Å². The maximum absolute atomic E-state index is 4.94. The molecule has 9 rings (SSSR count). The van der Waals surface area contributed by atoms with Crippen LogP contribution in [0, 0.1) is 0 Å². The van der Waals surface area contributed by atoms with Gasteiger partial charge in [-0.3, -0.25) is 4.90 Å². The van der Waals surface area contributed by atoms with Gasteiger partial charge >= 0.3 is 0 Å². The third-order valence-corrected chi connectivity index (χ3v) is 8.63. The molecular formula is C33H22N2. The smallest absolute Gasteiger partial charge is 0.141 e. The highest BCUT2D eigenvalue weighted by Crippen LogP contribution is 2.56. The number of nitrogens with zero attached hydrogens (tertiary/aromatic N) is 2. The van der Waals surface area contributed by atoms with Crippen molar-refractivity contribution in [1.82, 2.24) is 4.98 Å². The number of aromatic nitrogens is 1. The third kappa shape index (κ3) is 2.23. The minimum absolute atomic E-state index is 0.963. The SMILES string of the molecule is c1ccc2c(c1)Cc1c-2ccc2c1Cc1cc3c(c4c1N2c1ncccc1C4)Cc1ccccc1-3. The van der Waals surface area contributed by atoms with Crippen molar-refractivity contribution in [3.63, 3.8) is 0 Å². The molecule has 2 aliphatic heterocycles. The van der Waals surface area contributed by atoms with E-state index >= 15 is 0 Å². The number of hydrogen-bond donors (Lipinski definition) is 0. The molecule has 2 nitrogen and oxygen atoms in total. The summed E-state index contributed by atoms with van der Waals surface area (Å²) in [6.07, 6.45) is 5.95. The fraction of sp³-hybridized carbons (Fsp3) is 0.121. The van der Waals surface area contributed by atoms with Crippen LogP contribution in [0.2, 0.25) is 0 Å². The number of benzene rings is 4. The first kappa shape index (κ1) is 18.2. The van der Waals surface area contributed by atoms with Crippen molar-refractivity contribution in [3.8, 4) is 22.3 Å². The molecule has 3 heterocycles. The topological polar surface area (TPSA) is 16.1 Å². The van der Waals surface area contributed by atoms with Gasteiger partial charge in [-0.1, -0.05) is 60.7 Å². The molecule has 4 aliphatic rings. The summed E-state index contributed by atoms with van der Waals surface area (Å²) in [4.78, 5) is 7.43. The van der Waals surface area contributed by atoms with E-state index in [9.17, 15) is 0 Å². The molecule has 0 spiro atoms. The highest BCUT2D eigenvalue weighted by Gasteiger charge is 2.38. The zero-order valence-corrected chi connectivity index (χ0v) is 19.3. The van der Waals surface area contributed by atoms with Gasteiger partial charge in [0.15, 0.2) is 0 Å². The van der Waals surface area contributed by atoms with E-state index < -0.39 is 0 Å². The summed E-state index contributed by atoms with van der Waals surface area (Å²) in [7, 11) is 0. The van der Waals surface area contributed by atoms with Crippen molar-refractivity contribution in [1.29, 1.82) is 0 Å². The average molecular weight is 447 g/mol. The number of hydrogen-bond acceptors (Lipinski definition) is 2. The Morgan fingerprint density at radius 1 is 0.514 bits per heavy atom. The van der Waals surface area contributed by atoms with Crippen LogP contribution in [0.15, 0.2) is 85.1 Å². The molecule has 0 atom stereocenters. The zero-order valence-electron chi connectivity index (χ0n) is 19.3. The number of fused-ring (bicyclic) bond motifs is 12. The van der Waals surface area contributed by atoms with Crippen LogP contribution in [0.3, 0.4) is 0 Å². The lowest BCUT2D eigenvalue weighted by molar-refractivity contribution is 0.959. The van der Waals surface area contributed by atoms with E-state index in [0.29, 0.717) is 0 Å². The van der Waals surface area contributed by atoms with Crippen molar-refractivity contribution >= 4 is 17.2 Å². The molecule has 2 heteroatoms. The van der Waals surface area contributed by atoms with E-state index in [0.717, 1.165) is 31.5 Å². The fourth-order valence-electron chi connectivity index (χ4n) is 7.16. The average Bonchev–Trinajstić information content (AvgIpc) is 3.47. The van der Waals surface area contributed by atoms with E-state index in [-0.39, 0.29) is 0 Å². The second-order valence-electron chi connectivity index (χ2n) is 10.3. The molecule has 0 N–H and O–H groups in total. The Bertz CT molecular complexity index is 1760. The Morgan fingerprint density at radius 3 is 2.00 bits per heavy atom. The lowest BCUT2D eigenvalue weighted by atomic mass is 9.81. The van der Waals surface area contributed by atoms with Gasteiger partial charge in [-0.2, -0.15) is 0 Å². The first-order valence-electron chi connectivity index (χ1n) is 12.6. The van der Waals surface area contributed by atoms with E-state index in [1.807, 2.05) is 6.20 Å². The monoisotopic (exact) mass is 446 g/mol. The first-order valence-corrected chi connectivity index (χ1v) is 12.6. The van der Waals surface area contributed by atoms with Gasteiger partial charge in [0.25, 0.3) is 0 Å². The molecule has 0 amide bonds. The fourth-order valence-corrected chi connectivity index (χ4v) is 7.16. The van der Waals surface area contributed by atoms with Gasteiger partial charge < -0.3 is 0 Å². The Hall–Kier alpha value is -4.17. The van der Waals surface area contributed by atoms with Gasteiger partial charge in [0.1, 0.15) is 5.82 Å². The van der Waals surface area contributed by atoms with E-state index in [4.69, 9.17) is 4.98 Å². The first-order chi connectivity index (χ1) is 17.3. The van der Waals surface area contributed by atoms with Crippen LogP contribution in [0.4, 0.5) is 17.2 Å². The molecule has 0 radical (unpaired) electrons. The molecule has 35 heavy (non-hydrogen) atoms. The van der Waals surface area contributed by atoms with E-state index in [2.05, 4.69) is 83.8 Å². The second kappa shape index (κ2) is 6.28. The standard InChI is InChI=1S/C33H22N2/c1-3-9-23-19(6-1)14-27-25(23)11-12-31-29(27)18-22-17-26-24-10-4-2-7-20(24)15-28(26)30-16-21-8-5-13-34-33(21)35(31)32(22)30/h1-13,17H,14-16,18H2. The minimum atomic E-state index is 0.963. The summed E-state index contributed by atoms with van der Waals surface area (Å²) in [5.41, 5.74) is 20.1. The molecule has 0 saturated carbocycles. The number of pyridine rings is 1. The van der Waals surface area contributed by atoms with Crippen LogP contribution in [0.5, 0.6) is 0 Å². The summed E-state index contributed by atoms with van der Waals surface area (Å²) < 4.78 is 0. The van der Waals surface area contributed by atoms with Crippen molar-refractivity contribution in [2.45, 2.75) is 25.7 Å². The molecule has 2 aliphatic carbocycles. The summed E-state index contributed by atoms with van der Waals surface area (Å²) in [6, 6.07) is 29.5. The summed E-state index contributed by atoms with van der Waals surface area (Å²) >= 11 is 0. The predicted octanol–water partition coefficient (Wildman–Crippen LogP) is 7.50. The summed E-state index contributed by atoms with van der Waals surface area (Å²) in [5.74, 6) is 1.10. The maximum atomic E-state index is 4.94. The maximum Gasteiger partial charge on any atom is 0.141 e. The second-order valence-corrected chi connectivity index (χ2v) is 10.3. The molecule has 0 bridgehead atoms. The molecule has 0 saturated heterocycles. The zero-order chi connectivity index (χ0) is 22.7. The van der Waals surface area contributed by atoms with E-state index in [1.165, 1.54) is 78.1 Å². The van der Waals surface area contributed by atoms with Gasteiger partial charge in [0, 0.05) is 19.0 Å². The predicted molar refractivity (Wildman–Crippen MR) is 141 cm³/mol. The van der Waals surface area contributed by atoms with Crippen LogP contribution in [0.1, 0.15) is 44.5 Å². The highest BCUT2D eigenvalue weighted by atomic mass is 15.2. The highest BCUT2D eigenvalue weighted by molar-refractivity contribution is 5.95. The number of anilines is 3. The number of rotatable bonds is 0. The van der Waals surface area contributed by atoms with Gasteiger partial charge in [-0.05, 0) is 97.8 Å². The van der Waals surface area contributed by atoms with Gasteiger partial charge in [-0.25, -0.2) is 4.98 Å². The largest absolute Gasteiger partial charge is 0.294 e. The molecule has 164 valence electrons. The van der Waals surface area contributed by atoms with Crippen LogP contribution >= 0.6 is 0 Å². The van der Waals surface area contributed by atoms with Gasteiger partial charge in [0.2, 0.25) is 0 Å². The molecule has 1 aromatic heterocycles. The van der Waals surface area contributed by atoms with Crippen molar-refractivity contribution < 1.29 is 0 Å². The van der Waals surface area contributed by atoms with Gasteiger partial charge in [0.05, 0.1) is 11.4 Å². The lowest BCUT2D eigenvalue weighted by Gasteiger charge is -2.40. The molecule has 4 aromatic carbocycles. The molecule has 0 fully saturated rings. The Labute approximate surface area is 204 Å².